The van der Waals surface area contributed by atoms with Crippen molar-refractivity contribution in [3.63, 3.8) is 0 Å². The summed E-state index contributed by atoms with van der Waals surface area (Å²) >= 11 is 0. The highest BCUT2D eigenvalue weighted by molar-refractivity contribution is 6.04. The molecule has 0 aliphatic carbocycles. The van der Waals surface area contributed by atoms with Gasteiger partial charge in [-0.1, -0.05) is 42.5 Å². The molecule has 2 unspecified atom stereocenters. The van der Waals surface area contributed by atoms with Crippen LogP contribution in [0.4, 0.5) is 22.0 Å². The number of carbonyl (C=O) groups is 1. The summed E-state index contributed by atoms with van der Waals surface area (Å²) < 4.78 is 80.7. The first kappa shape index (κ1) is 26.1. The van der Waals surface area contributed by atoms with E-state index in [1.54, 1.807) is 30.3 Å². The number of alkyl halides is 3. The number of esters is 1. The van der Waals surface area contributed by atoms with Gasteiger partial charge in [0.05, 0.1) is 30.0 Å². The van der Waals surface area contributed by atoms with Crippen LogP contribution in [0.3, 0.4) is 0 Å². The summed E-state index contributed by atoms with van der Waals surface area (Å²) in [4.78, 5) is 17.6. The van der Waals surface area contributed by atoms with Crippen LogP contribution in [-0.4, -0.2) is 18.0 Å². The summed E-state index contributed by atoms with van der Waals surface area (Å²) in [6.07, 6.45) is -1.93. The Morgan fingerprint density at radius 2 is 1.56 bits per heavy atom. The lowest BCUT2D eigenvalue weighted by atomic mass is 9.90. The van der Waals surface area contributed by atoms with E-state index in [1.165, 1.54) is 42.9 Å². The Morgan fingerprint density at radius 1 is 0.923 bits per heavy atom. The van der Waals surface area contributed by atoms with Gasteiger partial charge in [0, 0.05) is 17.7 Å². The average molecular weight is 541 g/mol. The molecule has 200 valence electrons. The van der Waals surface area contributed by atoms with Gasteiger partial charge in [0.25, 0.3) is 0 Å². The van der Waals surface area contributed by atoms with Crippen molar-refractivity contribution in [2.45, 2.75) is 25.4 Å². The van der Waals surface area contributed by atoms with Crippen LogP contribution in [0.1, 0.15) is 29.2 Å². The first-order valence-corrected chi connectivity index (χ1v) is 11.8. The van der Waals surface area contributed by atoms with E-state index in [9.17, 15) is 26.7 Å². The van der Waals surface area contributed by atoms with E-state index >= 15 is 0 Å². The van der Waals surface area contributed by atoms with Crippen LogP contribution in [0.2, 0.25) is 0 Å². The molecular weight excluding hydrogens is 521 g/mol. The molecule has 39 heavy (non-hydrogen) atoms. The van der Waals surface area contributed by atoms with Gasteiger partial charge >= 0.3 is 12.3 Å². The Bertz CT molecular complexity index is 1460. The van der Waals surface area contributed by atoms with Crippen LogP contribution in [0.25, 0.3) is 11.1 Å². The van der Waals surface area contributed by atoms with Crippen LogP contribution < -0.4 is 4.74 Å². The molecule has 0 N–H and O–H groups in total. The second kappa shape index (κ2) is 10.7. The summed E-state index contributed by atoms with van der Waals surface area (Å²) in [6.45, 7) is -0.0328. The van der Waals surface area contributed by atoms with Gasteiger partial charge in [-0.2, -0.15) is 0 Å². The zero-order valence-electron chi connectivity index (χ0n) is 20.1. The number of benzene rings is 3. The fraction of sp³-hybridized carbons (Fsp3) is 0.172. The Morgan fingerprint density at radius 3 is 2.15 bits per heavy atom. The van der Waals surface area contributed by atoms with Crippen LogP contribution in [0.15, 0.2) is 94.7 Å². The molecule has 10 heteroatoms. The van der Waals surface area contributed by atoms with Crippen molar-refractivity contribution in [1.82, 2.24) is 0 Å². The molecule has 1 aliphatic rings. The SMILES string of the molecule is O=C(OCc1ccoc1)C1CC(c2c(F)cccc2F)=NC1c1ccc(-c2ccc(OC(F)(F)F)cc2)cc1. The largest absolute Gasteiger partial charge is 0.573 e. The monoisotopic (exact) mass is 541 g/mol. The molecule has 0 bridgehead atoms. The van der Waals surface area contributed by atoms with Crippen molar-refractivity contribution >= 4 is 11.7 Å². The topological polar surface area (TPSA) is 61.0 Å². The Hall–Kier alpha value is -4.47. The molecular formula is C29H20F5NO4. The Kier molecular flexibility index (Phi) is 7.19. The molecule has 1 aliphatic heterocycles. The minimum absolute atomic E-state index is 0.0326. The molecule has 5 nitrogen and oxygen atoms in total. The van der Waals surface area contributed by atoms with Gasteiger partial charge in [-0.3, -0.25) is 9.79 Å². The first-order valence-electron chi connectivity index (χ1n) is 11.8. The van der Waals surface area contributed by atoms with E-state index in [-0.39, 0.29) is 30.1 Å². The summed E-state index contributed by atoms with van der Waals surface area (Å²) in [7, 11) is 0. The fourth-order valence-corrected chi connectivity index (χ4v) is 4.45. The molecule has 3 aromatic carbocycles. The number of nitrogens with zero attached hydrogens (tertiary/aromatic N) is 1. The van der Waals surface area contributed by atoms with Gasteiger partial charge < -0.3 is 13.9 Å². The predicted molar refractivity (Wildman–Crippen MR) is 131 cm³/mol. The Balaban J connectivity index is 1.41. The highest BCUT2D eigenvalue weighted by atomic mass is 19.4. The van der Waals surface area contributed by atoms with E-state index in [2.05, 4.69) is 9.73 Å². The third kappa shape index (κ3) is 6.00. The fourth-order valence-electron chi connectivity index (χ4n) is 4.45. The summed E-state index contributed by atoms with van der Waals surface area (Å²) in [5.41, 5.74) is 2.41. The molecule has 2 heterocycles. The number of aliphatic imine (C=N–C) groups is 1. The second-order valence-electron chi connectivity index (χ2n) is 8.86. The van der Waals surface area contributed by atoms with Gasteiger partial charge in [0.15, 0.2) is 0 Å². The molecule has 5 rings (SSSR count). The predicted octanol–water partition coefficient (Wildman–Crippen LogP) is 7.42. The van der Waals surface area contributed by atoms with E-state index in [4.69, 9.17) is 9.15 Å². The molecule has 0 saturated heterocycles. The van der Waals surface area contributed by atoms with Crippen molar-refractivity contribution in [2.75, 3.05) is 0 Å². The van der Waals surface area contributed by atoms with Crippen molar-refractivity contribution < 1.29 is 40.6 Å². The van der Waals surface area contributed by atoms with E-state index < -0.39 is 35.9 Å². The van der Waals surface area contributed by atoms with Crippen LogP contribution in [-0.2, 0) is 16.1 Å². The number of carbonyl (C=O) groups excluding carboxylic acids is 1. The highest BCUT2D eigenvalue weighted by Gasteiger charge is 2.39. The van der Waals surface area contributed by atoms with E-state index in [1.807, 2.05) is 0 Å². The van der Waals surface area contributed by atoms with Crippen LogP contribution in [0, 0.1) is 17.6 Å². The molecule has 0 radical (unpaired) electrons. The summed E-state index contributed by atoms with van der Waals surface area (Å²) in [5.74, 6) is -3.33. The van der Waals surface area contributed by atoms with Gasteiger partial charge in [-0.15, -0.1) is 13.2 Å². The number of hydrogen-bond donors (Lipinski definition) is 0. The molecule has 0 amide bonds. The molecule has 0 spiro atoms. The average Bonchev–Trinajstić information content (AvgIpc) is 3.58. The van der Waals surface area contributed by atoms with Crippen molar-refractivity contribution in [1.29, 1.82) is 0 Å². The Labute approximate surface area is 219 Å². The van der Waals surface area contributed by atoms with E-state index in [0.29, 0.717) is 22.3 Å². The number of halogens is 5. The quantitative estimate of drug-likeness (QED) is 0.181. The highest BCUT2D eigenvalue weighted by Crippen LogP contribution is 2.39. The lowest BCUT2D eigenvalue weighted by molar-refractivity contribution is -0.274. The normalized spacial score (nSPS) is 17.1. The maximum atomic E-state index is 14.5. The molecule has 2 atom stereocenters. The zero-order chi connectivity index (χ0) is 27.6. The van der Waals surface area contributed by atoms with Gasteiger partial charge in [-0.25, -0.2) is 8.78 Å². The van der Waals surface area contributed by atoms with Crippen LogP contribution in [0.5, 0.6) is 5.75 Å². The number of hydrogen-bond acceptors (Lipinski definition) is 5. The number of ether oxygens (including phenoxy) is 2. The lowest BCUT2D eigenvalue weighted by Crippen LogP contribution is -2.22. The summed E-state index contributed by atoms with van der Waals surface area (Å²) in [5, 5.41) is 0. The number of rotatable bonds is 7. The van der Waals surface area contributed by atoms with Gasteiger partial charge in [-0.05, 0) is 47.0 Å². The van der Waals surface area contributed by atoms with Crippen LogP contribution >= 0.6 is 0 Å². The second-order valence-corrected chi connectivity index (χ2v) is 8.86. The third-order valence-electron chi connectivity index (χ3n) is 6.28. The standard InChI is InChI=1S/C29H20F5NO4/c30-23-2-1-3-24(31)26(23)25-14-22(28(36)38-16-17-12-13-37-15-17)27(35-25)20-6-4-18(5-7-20)19-8-10-21(11-9-19)39-29(32,33)34/h1-13,15,22,27H,14,16H2. The van der Waals surface area contributed by atoms with Crippen molar-refractivity contribution in [3.05, 3.63) is 114 Å². The molecule has 0 fully saturated rings. The van der Waals surface area contributed by atoms with Crippen molar-refractivity contribution in [3.8, 4) is 16.9 Å². The van der Waals surface area contributed by atoms with Gasteiger partial charge in [0.1, 0.15) is 24.0 Å². The minimum atomic E-state index is -4.79. The summed E-state index contributed by atoms with van der Waals surface area (Å²) in [6, 6.07) is 16.6. The lowest BCUT2D eigenvalue weighted by Gasteiger charge is -2.17. The first-order chi connectivity index (χ1) is 18.7. The van der Waals surface area contributed by atoms with E-state index in [0.717, 1.165) is 12.1 Å². The maximum Gasteiger partial charge on any atom is 0.573 e. The maximum absolute atomic E-state index is 14.5. The third-order valence-corrected chi connectivity index (χ3v) is 6.28. The molecule has 0 saturated carbocycles. The van der Waals surface area contributed by atoms with Gasteiger partial charge in [0.2, 0.25) is 0 Å². The van der Waals surface area contributed by atoms with Crippen molar-refractivity contribution in [2.24, 2.45) is 10.9 Å². The zero-order valence-corrected chi connectivity index (χ0v) is 20.1. The molecule has 1 aromatic heterocycles. The number of furan rings is 1. The minimum Gasteiger partial charge on any atom is -0.472 e. The smallest absolute Gasteiger partial charge is 0.472 e. The molecule has 4 aromatic rings.